The summed E-state index contributed by atoms with van der Waals surface area (Å²) in [6.07, 6.45) is 0.625. The Kier molecular flexibility index (Phi) is 5.37. The van der Waals surface area contributed by atoms with E-state index in [9.17, 15) is 9.59 Å². The molecule has 0 bridgehead atoms. The number of aromatic nitrogens is 2. The summed E-state index contributed by atoms with van der Waals surface area (Å²) >= 11 is 6.05. The molecule has 6 nitrogen and oxygen atoms in total. The Morgan fingerprint density at radius 3 is 2.39 bits per heavy atom. The number of hydrogen-bond donors (Lipinski definition) is 1. The van der Waals surface area contributed by atoms with Crippen LogP contribution < -0.4 is 5.56 Å². The van der Waals surface area contributed by atoms with Crippen molar-refractivity contribution in [3.8, 4) is 11.1 Å². The Hall–Kier alpha value is -2.57. The molecule has 2 aromatic heterocycles. The molecule has 0 spiro atoms. The van der Waals surface area contributed by atoms with E-state index < -0.39 is 17.7 Å². The third-order valence-corrected chi connectivity index (χ3v) is 4.67. The third-order valence-electron chi connectivity index (χ3n) is 4.42. The third kappa shape index (κ3) is 3.70. The number of carbonyl (C=O) groups is 1. The highest BCUT2D eigenvalue weighted by Crippen LogP contribution is 2.37. The molecule has 2 heterocycles. The van der Waals surface area contributed by atoms with Crippen molar-refractivity contribution in [2.75, 3.05) is 7.11 Å². The minimum absolute atomic E-state index is 0.251. The molecule has 1 unspecified atom stereocenters. The summed E-state index contributed by atoms with van der Waals surface area (Å²) in [5.74, 6) is -0.574. The number of carbonyl (C=O) groups excluding carboxylic acids is 1. The molecule has 0 aliphatic rings. The van der Waals surface area contributed by atoms with Gasteiger partial charge >= 0.3 is 5.97 Å². The maximum absolute atomic E-state index is 12.9. The van der Waals surface area contributed by atoms with Gasteiger partial charge in [-0.1, -0.05) is 23.7 Å². The minimum Gasteiger partial charge on any atom is -0.467 e. The van der Waals surface area contributed by atoms with E-state index in [-0.39, 0.29) is 5.56 Å². The number of esters is 1. The number of halogens is 1. The fraction of sp³-hybridized carbons (Fsp3) is 0.333. The van der Waals surface area contributed by atoms with Crippen molar-refractivity contribution in [1.82, 2.24) is 9.55 Å². The molecule has 1 N–H and O–H groups in total. The topological polar surface area (TPSA) is 73.3 Å². The fourth-order valence-corrected chi connectivity index (χ4v) is 3.37. The van der Waals surface area contributed by atoms with Crippen LogP contribution in [-0.4, -0.2) is 28.2 Å². The van der Waals surface area contributed by atoms with Crippen molar-refractivity contribution in [1.29, 1.82) is 0 Å². The maximum Gasteiger partial charge on any atom is 0.341 e. The van der Waals surface area contributed by atoms with Crippen LogP contribution in [0, 0.1) is 0 Å². The molecule has 0 radical (unpaired) electrons. The zero-order chi connectivity index (χ0) is 20.6. The quantitative estimate of drug-likeness (QED) is 0.663. The van der Waals surface area contributed by atoms with Crippen molar-refractivity contribution >= 4 is 28.5 Å². The fourth-order valence-electron chi connectivity index (χ4n) is 3.24. The van der Waals surface area contributed by atoms with Crippen molar-refractivity contribution in [3.05, 3.63) is 57.6 Å². The average Bonchev–Trinajstić information content (AvgIpc) is 3.12. The SMILES string of the molecule is COC(=O)C(OC(C)(C)C)c1c(-c2ccc(Cl)cc2)c2cc[nH]c2c(=O)n1C. The predicted molar refractivity (Wildman–Crippen MR) is 110 cm³/mol. The monoisotopic (exact) mass is 402 g/mol. The molecule has 1 atom stereocenters. The molecule has 0 saturated heterocycles. The number of nitrogens with one attached hydrogen (secondary N) is 1. The van der Waals surface area contributed by atoms with E-state index >= 15 is 0 Å². The number of hydrogen-bond acceptors (Lipinski definition) is 4. The van der Waals surface area contributed by atoms with Gasteiger partial charge in [0.1, 0.15) is 5.52 Å². The largest absolute Gasteiger partial charge is 0.467 e. The van der Waals surface area contributed by atoms with Crippen molar-refractivity contribution in [2.45, 2.75) is 32.5 Å². The average molecular weight is 403 g/mol. The lowest BCUT2D eigenvalue weighted by atomic mass is 9.96. The highest BCUT2D eigenvalue weighted by atomic mass is 35.5. The van der Waals surface area contributed by atoms with Crippen LogP contribution in [-0.2, 0) is 21.3 Å². The van der Waals surface area contributed by atoms with E-state index in [0.29, 0.717) is 21.6 Å². The Balaban J connectivity index is 2.41. The first kappa shape index (κ1) is 20.2. The maximum atomic E-state index is 12.9. The van der Waals surface area contributed by atoms with Gasteiger partial charge < -0.3 is 19.0 Å². The number of H-pyrrole nitrogens is 1. The van der Waals surface area contributed by atoms with E-state index in [1.165, 1.54) is 11.7 Å². The van der Waals surface area contributed by atoms with E-state index in [4.69, 9.17) is 21.1 Å². The van der Waals surface area contributed by atoms with Gasteiger partial charge in [-0.25, -0.2) is 4.79 Å². The van der Waals surface area contributed by atoms with Crippen LogP contribution in [0.4, 0.5) is 0 Å². The number of methoxy groups -OCH3 is 1. The lowest BCUT2D eigenvalue weighted by molar-refractivity contribution is -0.165. The lowest BCUT2D eigenvalue weighted by Gasteiger charge is -2.29. The molecule has 0 aliphatic heterocycles. The van der Waals surface area contributed by atoms with Gasteiger partial charge in [-0.15, -0.1) is 0 Å². The van der Waals surface area contributed by atoms with Gasteiger partial charge in [0.25, 0.3) is 5.56 Å². The number of benzene rings is 1. The van der Waals surface area contributed by atoms with Crippen LogP contribution in [0.5, 0.6) is 0 Å². The first-order chi connectivity index (χ1) is 13.1. The molecule has 3 rings (SSSR count). The minimum atomic E-state index is -1.08. The van der Waals surface area contributed by atoms with Gasteiger partial charge in [0.15, 0.2) is 6.10 Å². The number of rotatable bonds is 4. The summed E-state index contributed by atoms with van der Waals surface area (Å²) in [6.45, 7) is 5.54. The molecular weight excluding hydrogens is 380 g/mol. The summed E-state index contributed by atoms with van der Waals surface area (Å²) in [5.41, 5.74) is 1.52. The predicted octanol–water partition coefficient (Wildman–Crippen LogP) is 4.22. The molecule has 148 valence electrons. The zero-order valence-corrected chi connectivity index (χ0v) is 17.3. The second kappa shape index (κ2) is 7.45. The van der Waals surface area contributed by atoms with E-state index in [0.717, 1.165) is 11.1 Å². The molecule has 0 amide bonds. The van der Waals surface area contributed by atoms with Crippen LogP contribution in [0.3, 0.4) is 0 Å². The molecule has 0 fully saturated rings. The second-order valence-electron chi connectivity index (χ2n) is 7.53. The standard InChI is InChI=1S/C21H23ClN2O4/c1-21(2,3)28-18(20(26)27-5)17-15(12-6-8-13(22)9-7-12)14-10-11-23-16(14)19(25)24(17)4/h6-11,18,23H,1-5H3. The molecule has 7 heteroatoms. The Bertz CT molecular complexity index is 1070. The molecule has 28 heavy (non-hydrogen) atoms. The molecule has 0 saturated carbocycles. The van der Waals surface area contributed by atoms with Gasteiger partial charge in [-0.3, -0.25) is 4.79 Å². The number of fused-ring (bicyclic) bond motifs is 1. The van der Waals surface area contributed by atoms with Gasteiger partial charge in [0.2, 0.25) is 0 Å². The Labute approximate surface area is 168 Å². The zero-order valence-electron chi connectivity index (χ0n) is 16.5. The van der Waals surface area contributed by atoms with Gasteiger partial charge in [-0.2, -0.15) is 0 Å². The van der Waals surface area contributed by atoms with E-state index in [1.807, 2.05) is 39.0 Å². The molecule has 3 aromatic rings. The molecular formula is C21H23ClN2O4. The lowest BCUT2D eigenvalue weighted by Crippen LogP contribution is -2.33. The van der Waals surface area contributed by atoms with Crippen LogP contribution in [0.1, 0.15) is 32.6 Å². The summed E-state index contributed by atoms with van der Waals surface area (Å²) in [5, 5.41) is 1.29. The highest BCUT2D eigenvalue weighted by molar-refractivity contribution is 6.30. The van der Waals surface area contributed by atoms with E-state index in [1.54, 1.807) is 25.4 Å². The number of nitrogens with zero attached hydrogens (tertiary/aromatic N) is 1. The summed E-state index contributed by atoms with van der Waals surface area (Å²) in [4.78, 5) is 28.6. The van der Waals surface area contributed by atoms with Crippen LogP contribution >= 0.6 is 11.6 Å². The summed E-state index contributed by atoms with van der Waals surface area (Å²) in [7, 11) is 2.93. The van der Waals surface area contributed by atoms with Crippen molar-refractivity contribution in [3.63, 3.8) is 0 Å². The van der Waals surface area contributed by atoms with E-state index in [2.05, 4.69) is 4.98 Å². The number of pyridine rings is 1. The highest BCUT2D eigenvalue weighted by Gasteiger charge is 2.34. The summed E-state index contributed by atoms with van der Waals surface area (Å²) < 4.78 is 12.5. The smallest absolute Gasteiger partial charge is 0.341 e. The first-order valence-corrected chi connectivity index (χ1v) is 9.23. The second-order valence-corrected chi connectivity index (χ2v) is 7.97. The number of ether oxygens (including phenoxy) is 2. The van der Waals surface area contributed by atoms with Gasteiger partial charge in [0.05, 0.1) is 18.4 Å². The van der Waals surface area contributed by atoms with Crippen LogP contribution in [0.15, 0.2) is 41.3 Å². The van der Waals surface area contributed by atoms with Gasteiger partial charge in [-0.05, 0) is 44.5 Å². The van der Waals surface area contributed by atoms with Crippen molar-refractivity contribution in [2.24, 2.45) is 7.05 Å². The Morgan fingerprint density at radius 2 is 1.82 bits per heavy atom. The van der Waals surface area contributed by atoms with Crippen LogP contribution in [0.25, 0.3) is 22.0 Å². The van der Waals surface area contributed by atoms with Crippen molar-refractivity contribution < 1.29 is 14.3 Å². The first-order valence-electron chi connectivity index (χ1n) is 8.85. The normalized spacial score (nSPS) is 12.9. The number of aromatic amines is 1. The van der Waals surface area contributed by atoms with Gasteiger partial charge in [0, 0.05) is 29.2 Å². The molecule has 0 aliphatic carbocycles. The summed E-state index contributed by atoms with van der Waals surface area (Å²) in [6, 6.07) is 9.05. The Morgan fingerprint density at radius 1 is 1.18 bits per heavy atom. The molecule has 1 aromatic carbocycles. The van der Waals surface area contributed by atoms with Crippen LogP contribution in [0.2, 0.25) is 5.02 Å².